The van der Waals surface area contributed by atoms with Crippen molar-refractivity contribution in [3.05, 3.63) is 60.4 Å². The smallest absolute Gasteiger partial charge is 0.305 e. The minimum absolute atomic E-state index is 0.0423. The van der Waals surface area contributed by atoms with E-state index >= 15 is 0 Å². The zero-order valence-corrected chi connectivity index (χ0v) is 18.6. The van der Waals surface area contributed by atoms with Crippen LogP contribution in [-0.2, 0) is 9.59 Å². The van der Waals surface area contributed by atoms with Gasteiger partial charge < -0.3 is 15.0 Å². The van der Waals surface area contributed by atoms with Crippen LogP contribution in [0.3, 0.4) is 0 Å². The predicted molar refractivity (Wildman–Crippen MR) is 126 cm³/mol. The highest BCUT2D eigenvalue weighted by atomic mass is 16.4. The average molecular weight is 444 g/mol. The van der Waals surface area contributed by atoms with Crippen molar-refractivity contribution < 1.29 is 14.7 Å². The molecule has 6 nitrogen and oxygen atoms in total. The lowest BCUT2D eigenvalue weighted by Gasteiger charge is -2.55. The second kappa shape index (κ2) is 7.72. The molecule has 0 aliphatic heterocycles. The van der Waals surface area contributed by atoms with E-state index in [0.29, 0.717) is 17.8 Å². The summed E-state index contributed by atoms with van der Waals surface area (Å²) in [6.45, 7) is 0. The molecule has 2 N–H and O–H groups in total. The van der Waals surface area contributed by atoms with Crippen LogP contribution in [-0.4, -0.2) is 26.5 Å². The maximum Gasteiger partial charge on any atom is 0.305 e. The van der Waals surface area contributed by atoms with Gasteiger partial charge in [-0.3, -0.25) is 9.59 Å². The third-order valence-electron chi connectivity index (χ3n) is 8.24. The van der Waals surface area contributed by atoms with Crippen molar-refractivity contribution in [3.63, 3.8) is 0 Å². The average Bonchev–Trinajstić information content (AvgIpc) is 3.20. The van der Waals surface area contributed by atoms with E-state index in [-0.39, 0.29) is 23.8 Å². The summed E-state index contributed by atoms with van der Waals surface area (Å²) in [5.74, 6) is 1.45. The third-order valence-corrected chi connectivity index (χ3v) is 8.24. The molecule has 1 unspecified atom stereocenters. The van der Waals surface area contributed by atoms with Gasteiger partial charge in [0.05, 0.1) is 35.2 Å². The molecule has 1 aromatic heterocycles. The number of aromatic nitrogens is 2. The Labute approximate surface area is 193 Å². The number of rotatable bonds is 6. The lowest BCUT2D eigenvalue weighted by Crippen LogP contribution is -2.51. The Kier molecular flexibility index (Phi) is 4.78. The van der Waals surface area contributed by atoms with E-state index in [2.05, 4.69) is 10.3 Å². The highest BCUT2D eigenvalue weighted by molar-refractivity contribution is 5.97. The summed E-state index contributed by atoms with van der Waals surface area (Å²) in [6, 6.07) is 15.0. The predicted octanol–water partition coefficient (Wildman–Crippen LogP) is 5.26. The molecule has 4 saturated carbocycles. The number of hydrogen-bond donors (Lipinski definition) is 2. The Bertz CT molecular complexity index is 1180. The second-order valence-electron chi connectivity index (χ2n) is 10.5. The van der Waals surface area contributed by atoms with Crippen LogP contribution >= 0.6 is 0 Å². The highest BCUT2D eigenvalue weighted by Gasteiger charge is 2.54. The van der Waals surface area contributed by atoms with Crippen LogP contribution in [0.5, 0.6) is 0 Å². The molecular formula is C27H29N3O3. The van der Waals surface area contributed by atoms with Crippen LogP contribution in [0, 0.1) is 23.2 Å². The fourth-order valence-corrected chi connectivity index (χ4v) is 7.22. The number of nitrogens with zero attached hydrogens (tertiary/aromatic N) is 2. The molecule has 7 rings (SSSR count). The summed E-state index contributed by atoms with van der Waals surface area (Å²) in [6.07, 6.45) is 8.67. The molecule has 0 saturated heterocycles. The Hall–Kier alpha value is -3.15. The number of anilines is 1. The summed E-state index contributed by atoms with van der Waals surface area (Å²) in [5.41, 5.74) is 3.08. The molecule has 4 aliphatic carbocycles. The molecule has 0 radical (unpaired) electrons. The first-order valence-electron chi connectivity index (χ1n) is 12.0. The number of carboxylic acid groups (broad SMARTS) is 1. The number of aliphatic carboxylic acids is 1. The Morgan fingerprint density at radius 2 is 1.70 bits per heavy atom. The molecule has 0 spiro atoms. The van der Waals surface area contributed by atoms with E-state index in [9.17, 15) is 14.7 Å². The van der Waals surface area contributed by atoms with Gasteiger partial charge in [-0.1, -0.05) is 30.3 Å². The maximum absolute atomic E-state index is 13.5. The number of benzene rings is 2. The van der Waals surface area contributed by atoms with E-state index in [0.717, 1.165) is 41.5 Å². The monoisotopic (exact) mass is 443 g/mol. The topological polar surface area (TPSA) is 84.2 Å². The van der Waals surface area contributed by atoms with Crippen LogP contribution in [0.2, 0.25) is 0 Å². The first kappa shape index (κ1) is 20.5. The lowest BCUT2D eigenvalue weighted by molar-refractivity contribution is -0.140. The number of carbonyl (C=O) groups excluding carboxylic acids is 1. The van der Waals surface area contributed by atoms with Crippen molar-refractivity contribution in [1.82, 2.24) is 9.55 Å². The number of carboxylic acids is 1. The lowest BCUT2D eigenvalue weighted by atomic mass is 9.49. The second-order valence-corrected chi connectivity index (χ2v) is 10.5. The maximum atomic E-state index is 13.5. The normalized spacial score (nSPS) is 28.7. The van der Waals surface area contributed by atoms with Crippen LogP contribution < -0.4 is 5.32 Å². The summed E-state index contributed by atoms with van der Waals surface area (Å²) >= 11 is 0. The highest BCUT2D eigenvalue weighted by Crippen LogP contribution is 2.60. The van der Waals surface area contributed by atoms with Crippen molar-refractivity contribution in [2.24, 2.45) is 23.2 Å². The minimum atomic E-state index is -0.864. The fraction of sp³-hybridized carbons (Fsp3) is 0.444. The fourth-order valence-electron chi connectivity index (χ4n) is 7.22. The number of carbonyl (C=O) groups is 2. The van der Waals surface area contributed by atoms with Gasteiger partial charge in [-0.2, -0.15) is 0 Å². The zero-order chi connectivity index (χ0) is 22.6. The molecule has 4 aliphatic rings. The van der Waals surface area contributed by atoms with E-state index in [1.807, 2.05) is 53.1 Å². The first-order chi connectivity index (χ1) is 16.0. The standard InChI is InChI=1S/C27H29N3O3/c31-25(32)12-23(20-4-2-1-3-5-20)30-16-28-22-7-6-21(11-24(22)30)29-26(33)27-13-17-8-18(14-27)10-19(9-17)15-27/h1-7,11,16-19,23H,8-10,12-15H2,(H,29,33)(H,31,32). The summed E-state index contributed by atoms with van der Waals surface area (Å²) in [4.78, 5) is 29.7. The number of imidazole rings is 1. The van der Waals surface area contributed by atoms with Gasteiger partial charge in [0.15, 0.2) is 0 Å². The molecule has 3 aromatic rings. The van der Waals surface area contributed by atoms with Gasteiger partial charge in [0.25, 0.3) is 0 Å². The Morgan fingerprint density at radius 1 is 1.03 bits per heavy atom. The summed E-state index contributed by atoms with van der Waals surface area (Å²) < 4.78 is 1.92. The van der Waals surface area contributed by atoms with Crippen LogP contribution in [0.4, 0.5) is 5.69 Å². The Balaban J connectivity index is 1.31. The largest absolute Gasteiger partial charge is 0.481 e. The SMILES string of the molecule is O=C(O)CC(c1ccccc1)n1cnc2ccc(NC(=O)C34CC5CC(CC(C5)C3)C4)cc21. The number of hydrogen-bond acceptors (Lipinski definition) is 3. The molecule has 2 aromatic carbocycles. The van der Waals surface area contributed by atoms with Gasteiger partial charge in [-0.25, -0.2) is 4.98 Å². The van der Waals surface area contributed by atoms with Gasteiger partial charge in [0, 0.05) is 5.69 Å². The van der Waals surface area contributed by atoms with Gasteiger partial charge in [-0.05, 0) is 80.0 Å². The molecule has 4 fully saturated rings. The minimum Gasteiger partial charge on any atom is -0.481 e. The van der Waals surface area contributed by atoms with Crippen LogP contribution in [0.1, 0.15) is 56.6 Å². The zero-order valence-electron chi connectivity index (χ0n) is 18.6. The number of fused-ring (bicyclic) bond motifs is 1. The Morgan fingerprint density at radius 3 is 2.33 bits per heavy atom. The van der Waals surface area contributed by atoms with Gasteiger partial charge >= 0.3 is 5.97 Å². The molecule has 1 amide bonds. The van der Waals surface area contributed by atoms with E-state index in [1.54, 1.807) is 6.33 Å². The van der Waals surface area contributed by atoms with Gasteiger partial charge in [-0.15, -0.1) is 0 Å². The first-order valence-corrected chi connectivity index (χ1v) is 12.0. The van der Waals surface area contributed by atoms with Gasteiger partial charge in [0.2, 0.25) is 5.91 Å². The molecule has 1 heterocycles. The van der Waals surface area contributed by atoms with Crippen LogP contribution in [0.25, 0.3) is 11.0 Å². The van der Waals surface area contributed by atoms with Crippen molar-refractivity contribution in [2.45, 2.75) is 51.0 Å². The molecule has 1 atom stereocenters. The van der Waals surface area contributed by atoms with Crippen LogP contribution in [0.15, 0.2) is 54.9 Å². The molecule has 33 heavy (non-hydrogen) atoms. The van der Waals surface area contributed by atoms with E-state index < -0.39 is 5.97 Å². The number of nitrogens with one attached hydrogen (secondary N) is 1. The summed E-state index contributed by atoms with van der Waals surface area (Å²) in [7, 11) is 0. The molecule has 6 heteroatoms. The quantitative estimate of drug-likeness (QED) is 0.545. The summed E-state index contributed by atoms with van der Waals surface area (Å²) in [5, 5.41) is 12.8. The van der Waals surface area contributed by atoms with Crippen molar-refractivity contribution >= 4 is 28.6 Å². The third kappa shape index (κ3) is 3.62. The van der Waals surface area contributed by atoms with Crippen molar-refractivity contribution in [3.8, 4) is 0 Å². The molecule has 170 valence electrons. The van der Waals surface area contributed by atoms with Crippen molar-refractivity contribution in [1.29, 1.82) is 0 Å². The number of amides is 1. The molecular weight excluding hydrogens is 414 g/mol. The van der Waals surface area contributed by atoms with E-state index in [4.69, 9.17) is 0 Å². The van der Waals surface area contributed by atoms with Gasteiger partial charge in [0.1, 0.15) is 0 Å². The molecule has 4 bridgehead atoms. The van der Waals surface area contributed by atoms with Crippen molar-refractivity contribution in [2.75, 3.05) is 5.32 Å². The van der Waals surface area contributed by atoms with E-state index in [1.165, 1.54) is 19.3 Å².